The summed E-state index contributed by atoms with van der Waals surface area (Å²) in [7, 11) is 0. The Morgan fingerprint density at radius 3 is 2.80 bits per heavy atom. The lowest BCUT2D eigenvalue weighted by molar-refractivity contribution is 0.165. The van der Waals surface area contributed by atoms with Gasteiger partial charge in [0.2, 0.25) is 0 Å². The second-order valence-electron chi connectivity index (χ2n) is 4.98. The second-order valence-corrected chi connectivity index (χ2v) is 4.98. The summed E-state index contributed by atoms with van der Waals surface area (Å²) < 4.78 is 0. The van der Waals surface area contributed by atoms with E-state index in [1.807, 2.05) is 30.5 Å². The first-order chi connectivity index (χ1) is 9.75. The van der Waals surface area contributed by atoms with Crippen molar-refractivity contribution in [3.05, 3.63) is 60.2 Å². The second kappa shape index (κ2) is 7.72. The largest absolute Gasteiger partial charge is 0.385 e. The number of hydrogen-bond donors (Lipinski definition) is 2. The third-order valence-corrected chi connectivity index (χ3v) is 3.28. The standard InChI is InChI=1S/C16H21N3O/c1-13(7-8-14-5-4-9-17-11-14)19-12-16(20)15-6-2-3-10-18-15/h2-6,9-11,13,16,19-20H,7-8,12H2,1H3. The van der Waals surface area contributed by atoms with Crippen molar-refractivity contribution in [2.24, 2.45) is 0 Å². The molecule has 2 unspecified atom stereocenters. The van der Waals surface area contributed by atoms with Gasteiger partial charge in [0.05, 0.1) is 5.69 Å². The zero-order chi connectivity index (χ0) is 14.2. The molecule has 2 rings (SSSR count). The minimum Gasteiger partial charge on any atom is -0.385 e. The van der Waals surface area contributed by atoms with Crippen LogP contribution in [-0.2, 0) is 6.42 Å². The Balaban J connectivity index is 1.71. The lowest BCUT2D eigenvalue weighted by Gasteiger charge is -2.16. The van der Waals surface area contributed by atoms with E-state index in [2.05, 4.69) is 28.3 Å². The lowest BCUT2D eigenvalue weighted by atomic mass is 10.1. The van der Waals surface area contributed by atoms with Gasteiger partial charge in [-0.1, -0.05) is 12.1 Å². The molecule has 0 spiro atoms. The van der Waals surface area contributed by atoms with Gasteiger partial charge in [-0.3, -0.25) is 9.97 Å². The number of rotatable bonds is 7. The fourth-order valence-corrected chi connectivity index (χ4v) is 2.02. The highest BCUT2D eigenvalue weighted by Gasteiger charge is 2.10. The summed E-state index contributed by atoms with van der Waals surface area (Å²) in [5, 5.41) is 13.4. The molecule has 2 aromatic rings. The van der Waals surface area contributed by atoms with Crippen LogP contribution in [0, 0.1) is 0 Å². The fourth-order valence-electron chi connectivity index (χ4n) is 2.02. The van der Waals surface area contributed by atoms with Crippen LogP contribution < -0.4 is 5.32 Å². The Hall–Kier alpha value is -1.78. The van der Waals surface area contributed by atoms with E-state index in [4.69, 9.17) is 0 Å². The molecule has 0 aliphatic carbocycles. The number of nitrogens with one attached hydrogen (secondary N) is 1. The number of pyridine rings is 2. The van der Waals surface area contributed by atoms with Crippen molar-refractivity contribution in [1.29, 1.82) is 0 Å². The molecular weight excluding hydrogens is 250 g/mol. The van der Waals surface area contributed by atoms with Gasteiger partial charge in [-0.05, 0) is 43.5 Å². The van der Waals surface area contributed by atoms with Gasteiger partial charge in [0, 0.05) is 31.2 Å². The highest BCUT2D eigenvalue weighted by Crippen LogP contribution is 2.09. The molecule has 2 heterocycles. The van der Waals surface area contributed by atoms with Crippen LogP contribution >= 0.6 is 0 Å². The Morgan fingerprint density at radius 2 is 2.10 bits per heavy atom. The zero-order valence-electron chi connectivity index (χ0n) is 11.7. The molecular formula is C16H21N3O. The molecule has 4 heteroatoms. The van der Waals surface area contributed by atoms with Crippen LogP contribution in [0.4, 0.5) is 0 Å². The van der Waals surface area contributed by atoms with Crippen molar-refractivity contribution in [3.63, 3.8) is 0 Å². The third-order valence-electron chi connectivity index (χ3n) is 3.28. The molecule has 4 nitrogen and oxygen atoms in total. The highest BCUT2D eigenvalue weighted by atomic mass is 16.3. The number of aromatic nitrogens is 2. The molecule has 106 valence electrons. The van der Waals surface area contributed by atoms with Gasteiger partial charge in [0.15, 0.2) is 0 Å². The van der Waals surface area contributed by atoms with E-state index in [0.717, 1.165) is 12.8 Å². The average Bonchev–Trinajstić information content (AvgIpc) is 2.52. The molecule has 0 aromatic carbocycles. The van der Waals surface area contributed by atoms with E-state index in [0.29, 0.717) is 18.3 Å². The van der Waals surface area contributed by atoms with Gasteiger partial charge in [-0.15, -0.1) is 0 Å². The SMILES string of the molecule is CC(CCc1cccnc1)NCC(O)c1ccccn1. The van der Waals surface area contributed by atoms with E-state index in [-0.39, 0.29) is 0 Å². The molecule has 0 bridgehead atoms. The van der Waals surface area contributed by atoms with Gasteiger partial charge in [0.1, 0.15) is 6.10 Å². The molecule has 2 aromatic heterocycles. The molecule has 0 radical (unpaired) electrons. The van der Waals surface area contributed by atoms with Crippen LogP contribution in [0.15, 0.2) is 48.9 Å². The van der Waals surface area contributed by atoms with Gasteiger partial charge in [-0.25, -0.2) is 0 Å². The summed E-state index contributed by atoms with van der Waals surface area (Å²) in [6.07, 6.45) is 6.83. The van der Waals surface area contributed by atoms with Crippen LogP contribution in [0.1, 0.15) is 30.7 Å². The normalized spacial score (nSPS) is 13.9. The monoisotopic (exact) mass is 271 g/mol. The molecule has 0 fully saturated rings. The Kier molecular flexibility index (Phi) is 5.65. The van der Waals surface area contributed by atoms with E-state index < -0.39 is 6.10 Å². The predicted octanol–water partition coefficient (Wildman–Crippen LogP) is 2.12. The maximum absolute atomic E-state index is 10.0. The Morgan fingerprint density at radius 1 is 1.20 bits per heavy atom. The van der Waals surface area contributed by atoms with E-state index in [1.54, 1.807) is 12.4 Å². The van der Waals surface area contributed by atoms with Gasteiger partial charge in [0.25, 0.3) is 0 Å². The maximum atomic E-state index is 10.0. The van der Waals surface area contributed by atoms with Gasteiger partial charge in [-0.2, -0.15) is 0 Å². The molecule has 0 amide bonds. The van der Waals surface area contributed by atoms with Crippen molar-refractivity contribution < 1.29 is 5.11 Å². The van der Waals surface area contributed by atoms with E-state index in [1.165, 1.54) is 5.56 Å². The minimum atomic E-state index is -0.558. The quantitative estimate of drug-likeness (QED) is 0.810. The van der Waals surface area contributed by atoms with Crippen molar-refractivity contribution in [2.45, 2.75) is 31.9 Å². The number of aliphatic hydroxyl groups is 1. The minimum absolute atomic E-state index is 0.341. The van der Waals surface area contributed by atoms with Crippen LogP contribution in [-0.4, -0.2) is 27.7 Å². The summed E-state index contributed by atoms with van der Waals surface area (Å²) in [4.78, 5) is 8.26. The number of hydrogen-bond acceptors (Lipinski definition) is 4. The van der Waals surface area contributed by atoms with Crippen molar-refractivity contribution >= 4 is 0 Å². The smallest absolute Gasteiger partial charge is 0.108 e. The van der Waals surface area contributed by atoms with Crippen LogP contribution in [0.3, 0.4) is 0 Å². The summed E-state index contributed by atoms with van der Waals surface area (Å²) in [5.41, 5.74) is 1.95. The van der Waals surface area contributed by atoms with E-state index in [9.17, 15) is 5.11 Å². The van der Waals surface area contributed by atoms with Crippen LogP contribution in [0.25, 0.3) is 0 Å². The molecule has 0 saturated carbocycles. The molecule has 0 aliphatic rings. The Bertz CT molecular complexity index is 490. The van der Waals surface area contributed by atoms with E-state index >= 15 is 0 Å². The van der Waals surface area contributed by atoms with Crippen molar-refractivity contribution in [2.75, 3.05) is 6.54 Å². The van der Waals surface area contributed by atoms with Gasteiger partial charge >= 0.3 is 0 Å². The molecule has 2 atom stereocenters. The fraction of sp³-hybridized carbons (Fsp3) is 0.375. The first-order valence-corrected chi connectivity index (χ1v) is 6.97. The maximum Gasteiger partial charge on any atom is 0.108 e. The van der Waals surface area contributed by atoms with Crippen LogP contribution in [0.2, 0.25) is 0 Å². The van der Waals surface area contributed by atoms with Crippen molar-refractivity contribution in [1.82, 2.24) is 15.3 Å². The number of aryl methyl sites for hydroxylation is 1. The molecule has 0 saturated heterocycles. The number of nitrogens with zero attached hydrogens (tertiary/aromatic N) is 2. The van der Waals surface area contributed by atoms with Crippen LogP contribution in [0.5, 0.6) is 0 Å². The summed E-state index contributed by atoms with van der Waals surface area (Å²) >= 11 is 0. The molecule has 0 aliphatic heterocycles. The third kappa shape index (κ3) is 4.72. The first kappa shape index (κ1) is 14.6. The zero-order valence-corrected chi connectivity index (χ0v) is 11.7. The lowest BCUT2D eigenvalue weighted by Crippen LogP contribution is -2.31. The summed E-state index contributed by atoms with van der Waals surface area (Å²) in [6, 6.07) is 9.96. The average molecular weight is 271 g/mol. The predicted molar refractivity (Wildman–Crippen MR) is 79.2 cm³/mol. The molecule has 20 heavy (non-hydrogen) atoms. The summed E-state index contributed by atoms with van der Waals surface area (Å²) in [5.74, 6) is 0. The number of aliphatic hydroxyl groups excluding tert-OH is 1. The summed E-state index contributed by atoms with van der Waals surface area (Å²) in [6.45, 7) is 2.65. The highest BCUT2D eigenvalue weighted by molar-refractivity contribution is 5.09. The Labute approximate surface area is 119 Å². The van der Waals surface area contributed by atoms with Gasteiger partial charge < -0.3 is 10.4 Å². The topological polar surface area (TPSA) is 58.0 Å². The molecule has 2 N–H and O–H groups in total. The first-order valence-electron chi connectivity index (χ1n) is 6.97. The van der Waals surface area contributed by atoms with Crippen molar-refractivity contribution in [3.8, 4) is 0 Å².